The van der Waals surface area contributed by atoms with Gasteiger partial charge in [0.25, 0.3) is 0 Å². The topological polar surface area (TPSA) is 24.5 Å². The van der Waals surface area contributed by atoms with Gasteiger partial charge in [-0.1, -0.05) is 44.5 Å². The lowest BCUT2D eigenvalue weighted by Gasteiger charge is -2.26. The third-order valence-corrected chi connectivity index (χ3v) is 4.08. The average Bonchev–Trinajstić information content (AvgIpc) is 2.51. The van der Waals surface area contributed by atoms with Crippen LogP contribution in [-0.2, 0) is 17.9 Å². The summed E-state index contributed by atoms with van der Waals surface area (Å²) in [5, 5.41) is 3.48. The minimum absolute atomic E-state index is 0.512. The fourth-order valence-electron chi connectivity index (χ4n) is 2.74. The molecule has 1 saturated heterocycles. The SMILES string of the molecule is CC(C)NCc1ccccc1COCCN1CCCCC1. The third-order valence-electron chi connectivity index (χ3n) is 4.08. The summed E-state index contributed by atoms with van der Waals surface area (Å²) in [7, 11) is 0. The van der Waals surface area contributed by atoms with Crippen LogP contribution in [0.2, 0.25) is 0 Å². The summed E-state index contributed by atoms with van der Waals surface area (Å²) in [6, 6.07) is 9.09. The molecule has 1 aromatic carbocycles. The van der Waals surface area contributed by atoms with Crippen LogP contribution in [0.1, 0.15) is 44.2 Å². The largest absolute Gasteiger partial charge is 0.375 e. The number of nitrogens with one attached hydrogen (secondary N) is 1. The van der Waals surface area contributed by atoms with Gasteiger partial charge in [0.05, 0.1) is 13.2 Å². The maximum atomic E-state index is 5.90. The van der Waals surface area contributed by atoms with Crippen molar-refractivity contribution < 1.29 is 4.74 Å². The predicted molar refractivity (Wildman–Crippen MR) is 88.4 cm³/mol. The highest BCUT2D eigenvalue weighted by Crippen LogP contribution is 2.11. The Balaban J connectivity index is 1.71. The highest BCUT2D eigenvalue weighted by Gasteiger charge is 2.09. The van der Waals surface area contributed by atoms with E-state index in [0.29, 0.717) is 6.04 Å². The highest BCUT2D eigenvalue weighted by atomic mass is 16.5. The van der Waals surface area contributed by atoms with Gasteiger partial charge >= 0.3 is 0 Å². The van der Waals surface area contributed by atoms with Crippen molar-refractivity contribution in [3.8, 4) is 0 Å². The normalized spacial score (nSPS) is 16.5. The molecule has 0 aromatic heterocycles. The predicted octanol–water partition coefficient (Wildman–Crippen LogP) is 3.19. The van der Waals surface area contributed by atoms with Gasteiger partial charge < -0.3 is 15.0 Å². The maximum absolute atomic E-state index is 5.90. The van der Waals surface area contributed by atoms with E-state index in [2.05, 4.69) is 48.3 Å². The van der Waals surface area contributed by atoms with Crippen molar-refractivity contribution >= 4 is 0 Å². The Kier molecular flexibility index (Phi) is 7.20. The number of likely N-dealkylation sites (tertiary alicyclic amines) is 1. The van der Waals surface area contributed by atoms with Gasteiger partial charge in [0.2, 0.25) is 0 Å². The molecular weight excluding hydrogens is 260 g/mol. The molecule has 3 heteroatoms. The molecule has 118 valence electrons. The maximum Gasteiger partial charge on any atom is 0.0720 e. The van der Waals surface area contributed by atoms with Crippen LogP contribution in [0.4, 0.5) is 0 Å². The molecule has 0 amide bonds. The number of rotatable bonds is 8. The minimum atomic E-state index is 0.512. The Morgan fingerprint density at radius 1 is 1.10 bits per heavy atom. The second kappa shape index (κ2) is 9.19. The van der Waals surface area contributed by atoms with Gasteiger partial charge in [0.1, 0.15) is 0 Å². The van der Waals surface area contributed by atoms with Crippen molar-refractivity contribution in [3.63, 3.8) is 0 Å². The first-order valence-corrected chi connectivity index (χ1v) is 8.36. The molecule has 1 heterocycles. The summed E-state index contributed by atoms with van der Waals surface area (Å²) >= 11 is 0. The molecule has 1 aromatic rings. The molecule has 0 aliphatic carbocycles. The van der Waals surface area contributed by atoms with Crippen LogP contribution in [-0.4, -0.2) is 37.2 Å². The lowest BCUT2D eigenvalue weighted by molar-refractivity contribution is 0.0859. The van der Waals surface area contributed by atoms with E-state index in [1.807, 2.05) is 0 Å². The lowest BCUT2D eigenvalue weighted by Crippen LogP contribution is -2.32. The van der Waals surface area contributed by atoms with E-state index in [0.717, 1.165) is 26.3 Å². The summed E-state index contributed by atoms with van der Waals surface area (Å²) in [5.41, 5.74) is 2.66. The van der Waals surface area contributed by atoms with E-state index in [1.165, 1.54) is 43.5 Å². The van der Waals surface area contributed by atoms with Crippen LogP contribution in [0.5, 0.6) is 0 Å². The number of nitrogens with zero attached hydrogens (tertiary/aromatic N) is 1. The standard InChI is InChI=1S/C18H30N2O/c1-16(2)19-14-17-8-4-5-9-18(17)15-21-13-12-20-10-6-3-7-11-20/h4-5,8-9,16,19H,3,6-7,10-15H2,1-2H3. The molecule has 21 heavy (non-hydrogen) atoms. The number of piperidine rings is 1. The quantitative estimate of drug-likeness (QED) is 0.744. The Hall–Kier alpha value is -0.900. The Morgan fingerprint density at radius 3 is 2.52 bits per heavy atom. The Bertz CT molecular complexity index is 400. The Labute approximate surface area is 129 Å². The summed E-state index contributed by atoms with van der Waals surface area (Å²) in [4.78, 5) is 2.52. The van der Waals surface area contributed by atoms with Gasteiger partial charge in [0, 0.05) is 19.1 Å². The first-order valence-electron chi connectivity index (χ1n) is 8.36. The molecule has 1 N–H and O–H groups in total. The van der Waals surface area contributed by atoms with Gasteiger partial charge in [-0.2, -0.15) is 0 Å². The molecule has 0 atom stereocenters. The zero-order chi connectivity index (χ0) is 14.9. The van der Waals surface area contributed by atoms with E-state index in [1.54, 1.807) is 0 Å². The first kappa shape index (κ1) is 16.5. The smallest absolute Gasteiger partial charge is 0.0720 e. The number of ether oxygens (including phenoxy) is 1. The number of benzene rings is 1. The molecule has 3 nitrogen and oxygen atoms in total. The summed E-state index contributed by atoms with van der Waals surface area (Å²) in [6.45, 7) is 10.4. The fraction of sp³-hybridized carbons (Fsp3) is 0.667. The third kappa shape index (κ3) is 6.16. The Morgan fingerprint density at radius 2 is 1.81 bits per heavy atom. The van der Waals surface area contributed by atoms with Crippen LogP contribution < -0.4 is 5.32 Å². The van der Waals surface area contributed by atoms with E-state index >= 15 is 0 Å². The summed E-state index contributed by atoms with van der Waals surface area (Å²) in [5.74, 6) is 0. The summed E-state index contributed by atoms with van der Waals surface area (Å²) < 4.78 is 5.90. The van der Waals surface area contributed by atoms with Crippen molar-refractivity contribution in [2.45, 2.75) is 52.3 Å². The molecular formula is C18H30N2O. The first-order chi connectivity index (χ1) is 10.3. The minimum Gasteiger partial charge on any atom is -0.375 e. The molecule has 2 rings (SSSR count). The van der Waals surface area contributed by atoms with Crippen molar-refractivity contribution in [2.75, 3.05) is 26.2 Å². The van der Waals surface area contributed by atoms with Gasteiger partial charge in [-0.3, -0.25) is 0 Å². The van der Waals surface area contributed by atoms with E-state index in [4.69, 9.17) is 4.74 Å². The van der Waals surface area contributed by atoms with Crippen molar-refractivity contribution in [1.29, 1.82) is 0 Å². The zero-order valence-corrected chi connectivity index (χ0v) is 13.6. The molecule has 1 fully saturated rings. The molecule has 1 aliphatic rings. The van der Waals surface area contributed by atoms with E-state index < -0.39 is 0 Å². The summed E-state index contributed by atoms with van der Waals surface area (Å²) in [6.07, 6.45) is 4.10. The second-order valence-electron chi connectivity index (χ2n) is 6.26. The van der Waals surface area contributed by atoms with Gasteiger partial charge in [-0.25, -0.2) is 0 Å². The zero-order valence-electron chi connectivity index (χ0n) is 13.6. The molecule has 1 aliphatic heterocycles. The van der Waals surface area contributed by atoms with E-state index in [-0.39, 0.29) is 0 Å². The van der Waals surface area contributed by atoms with Crippen LogP contribution in [0, 0.1) is 0 Å². The van der Waals surface area contributed by atoms with Gasteiger partial charge in [0.15, 0.2) is 0 Å². The fourth-order valence-corrected chi connectivity index (χ4v) is 2.74. The van der Waals surface area contributed by atoms with Crippen molar-refractivity contribution in [3.05, 3.63) is 35.4 Å². The van der Waals surface area contributed by atoms with Crippen molar-refractivity contribution in [1.82, 2.24) is 10.2 Å². The number of hydrogen-bond acceptors (Lipinski definition) is 3. The molecule has 0 spiro atoms. The van der Waals surface area contributed by atoms with Crippen LogP contribution in [0.15, 0.2) is 24.3 Å². The molecule has 0 unspecified atom stereocenters. The van der Waals surface area contributed by atoms with Crippen LogP contribution in [0.25, 0.3) is 0 Å². The average molecular weight is 290 g/mol. The lowest BCUT2D eigenvalue weighted by atomic mass is 10.1. The molecule has 0 bridgehead atoms. The van der Waals surface area contributed by atoms with Crippen LogP contribution in [0.3, 0.4) is 0 Å². The monoisotopic (exact) mass is 290 g/mol. The van der Waals surface area contributed by atoms with E-state index in [9.17, 15) is 0 Å². The number of hydrogen-bond donors (Lipinski definition) is 1. The highest BCUT2D eigenvalue weighted by molar-refractivity contribution is 5.26. The second-order valence-corrected chi connectivity index (χ2v) is 6.26. The van der Waals surface area contributed by atoms with Crippen molar-refractivity contribution in [2.24, 2.45) is 0 Å². The molecule has 0 radical (unpaired) electrons. The van der Waals surface area contributed by atoms with Crippen LogP contribution >= 0.6 is 0 Å². The molecule has 0 saturated carbocycles. The van der Waals surface area contributed by atoms with Gasteiger partial charge in [-0.05, 0) is 37.1 Å². The van der Waals surface area contributed by atoms with Gasteiger partial charge in [-0.15, -0.1) is 0 Å².